The van der Waals surface area contributed by atoms with Gasteiger partial charge in [0.2, 0.25) is 5.91 Å². The van der Waals surface area contributed by atoms with E-state index < -0.39 is 0 Å². The SMILES string of the molecule is CC(c1c2ccccc2cc2ccccc12)N1CCC(CCCCNC(=O)C=Cc2cccnc2)CC1. The van der Waals surface area contributed by atoms with Crippen molar-refractivity contribution in [2.24, 2.45) is 5.92 Å². The zero-order chi connectivity index (χ0) is 25.5. The van der Waals surface area contributed by atoms with Gasteiger partial charge in [0.1, 0.15) is 0 Å². The van der Waals surface area contributed by atoms with E-state index in [1.54, 1.807) is 24.5 Å². The zero-order valence-corrected chi connectivity index (χ0v) is 21.8. The Morgan fingerprint density at radius 3 is 2.38 bits per heavy atom. The Balaban J connectivity index is 1.09. The van der Waals surface area contributed by atoms with E-state index in [1.807, 2.05) is 12.1 Å². The summed E-state index contributed by atoms with van der Waals surface area (Å²) < 4.78 is 0. The van der Waals surface area contributed by atoms with E-state index in [-0.39, 0.29) is 5.91 Å². The van der Waals surface area contributed by atoms with Gasteiger partial charge < -0.3 is 5.32 Å². The molecule has 0 saturated carbocycles. The maximum Gasteiger partial charge on any atom is 0.243 e. The molecule has 0 radical (unpaired) electrons. The molecule has 2 heterocycles. The summed E-state index contributed by atoms with van der Waals surface area (Å²) in [5, 5.41) is 8.43. The molecule has 1 N–H and O–H groups in total. The number of unbranched alkanes of at least 4 members (excludes halogenated alkanes) is 1. The maximum atomic E-state index is 12.0. The number of fused-ring (bicyclic) bond motifs is 2. The maximum absolute atomic E-state index is 12.0. The van der Waals surface area contributed by atoms with Gasteiger partial charge in [0.15, 0.2) is 0 Å². The van der Waals surface area contributed by atoms with E-state index >= 15 is 0 Å². The van der Waals surface area contributed by atoms with Crippen molar-refractivity contribution in [1.29, 1.82) is 0 Å². The predicted molar refractivity (Wildman–Crippen MR) is 154 cm³/mol. The molecule has 0 spiro atoms. The molecule has 5 rings (SSSR count). The third kappa shape index (κ3) is 6.26. The molecule has 37 heavy (non-hydrogen) atoms. The van der Waals surface area contributed by atoms with Gasteiger partial charge in [0.05, 0.1) is 0 Å². The van der Waals surface area contributed by atoms with Gasteiger partial charge in [0, 0.05) is 31.1 Å². The molecule has 1 aliphatic rings. The molecule has 4 nitrogen and oxygen atoms in total. The summed E-state index contributed by atoms with van der Waals surface area (Å²) in [6.45, 7) is 5.43. The van der Waals surface area contributed by atoms with E-state index in [0.29, 0.717) is 6.04 Å². The number of amides is 1. The molecule has 3 aromatic carbocycles. The number of likely N-dealkylation sites (tertiary alicyclic amines) is 1. The molecular formula is C33H37N3O. The number of nitrogens with zero attached hydrogens (tertiary/aromatic N) is 2. The summed E-state index contributed by atoms with van der Waals surface area (Å²) in [5.41, 5.74) is 2.41. The van der Waals surface area contributed by atoms with Gasteiger partial charge in [-0.05, 0) is 96.1 Å². The van der Waals surface area contributed by atoms with Gasteiger partial charge in [-0.3, -0.25) is 14.7 Å². The molecule has 4 heteroatoms. The van der Waals surface area contributed by atoms with Crippen molar-refractivity contribution < 1.29 is 4.79 Å². The number of rotatable bonds is 9. The van der Waals surface area contributed by atoms with Gasteiger partial charge in [-0.15, -0.1) is 0 Å². The predicted octanol–water partition coefficient (Wildman–Crippen LogP) is 7.16. The molecule has 1 atom stereocenters. The Bertz CT molecular complexity index is 1300. The topological polar surface area (TPSA) is 45.2 Å². The highest BCUT2D eigenvalue weighted by Crippen LogP contribution is 2.37. The number of carbonyl (C=O) groups excluding carboxylic acids is 1. The van der Waals surface area contributed by atoms with Crippen LogP contribution in [0.25, 0.3) is 27.6 Å². The molecule has 1 saturated heterocycles. The summed E-state index contributed by atoms with van der Waals surface area (Å²) in [7, 11) is 0. The summed E-state index contributed by atoms with van der Waals surface area (Å²) in [6.07, 6.45) is 12.8. The van der Waals surface area contributed by atoms with E-state index in [1.165, 1.54) is 52.8 Å². The molecule has 1 aliphatic heterocycles. The van der Waals surface area contributed by atoms with Gasteiger partial charge in [-0.25, -0.2) is 0 Å². The van der Waals surface area contributed by atoms with Crippen LogP contribution in [0.5, 0.6) is 0 Å². The van der Waals surface area contributed by atoms with E-state index in [9.17, 15) is 4.79 Å². The first-order chi connectivity index (χ1) is 18.2. The Morgan fingerprint density at radius 2 is 1.70 bits per heavy atom. The second-order valence-corrected chi connectivity index (χ2v) is 10.3. The van der Waals surface area contributed by atoms with Crippen LogP contribution in [0.4, 0.5) is 0 Å². The Hall–Kier alpha value is -3.50. The fraction of sp³-hybridized carbons (Fsp3) is 0.333. The minimum Gasteiger partial charge on any atom is -0.353 e. The minimum atomic E-state index is -0.0351. The highest BCUT2D eigenvalue weighted by atomic mass is 16.1. The highest BCUT2D eigenvalue weighted by molar-refractivity contribution is 6.02. The fourth-order valence-electron chi connectivity index (χ4n) is 5.79. The first-order valence-corrected chi connectivity index (χ1v) is 13.7. The number of carbonyl (C=O) groups is 1. The molecule has 190 valence electrons. The van der Waals surface area contributed by atoms with E-state index in [2.05, 4.69) is 76.7 Å². The second-order valence-electron chi connectivity index (χ2n) is 10.3. The van der Waals surface area contributed by atoms with Gasteiger partial charge in [-0.2, -0.15) is 0 Å². The average molecular weight is 492 g/mol. The second kappa shape index (κ2) is 12.2. The average Bonchev–Trinajstić information content (AvgIpc) is 2.95. The van der Waals surface area contributed by atoms with Crippen molar-refractivity contribution in [2.45, 2.75) is 45.1 Å². The third-order valence-electron chi connectivity index (χ3n) is 7.88. The lowest BCUT2D eigenvalue weighted by Gasteiger charge is -2.37. The van der Waals surface area contributed by atoms with Crippen LogP contribution in [-0.4, -0.2) is 35.4 Å². The van der Waals surface area contributed by atoms with Gasteiger partial charge in [0.25, 0.3) is 0 Å². The van der Waals surface area contributed by atoms with E-state index in [4.69, 9.17) is 0 Å². The van der Waals surface area contributed by atoms with Crippen molar-refractivity contribution >= 4 is 33.5 Å². The Morgan fingerprint density at radius 1 is 1.00 bits per heavy atom. The van der Waals surface area contributed by atoms with Crippen molar-refractivity contribution in [3.05, 3.63) is 96.3 Å². The minimum absolute atomic E-state index is 0.0351. The third-order valence-corrected chi connectivity index (χ3v) is 7.88. The Kier molecular flexibility index (Phi) is 8.27. The van der Waals surface area contributed by atoms with Crippen LogP contribution in [0, 0.1) is 5.92 Å². The normalized spacial score (nSPS) is 15.9. The molecule has 0 bridgehead atoms. The molecular weight excluding hydrogens is 454 g/mol. The van der Waals surface area contributed by atoms with Gasteiger partial charge >= 0.3 is 0 Å². The van der Waals surface area contributed by atoms with Crippen LogP contribution in [0.1, 0.15) is 56.2 Å². The van der Waals surface area contributed by atoms with E-state index in [0.717, 1.165) is 37.5 Å². The van der Waals surface area contributed by atoms with Crippen LogP contribution in [0.2, 0.25) is 0 Å². The number of pyridine rings is 1. The number of aromatic nitrogens is 1. The molecule has 4 aromatic rings. The monoisotopic (exact) mass is 491 g/mol. The summed E-state index contributed by atoms with van der Waals surface area (Å²) in [5.74, 6) is 0.751. The van der Waals surface area contributed by atoms with Crippen LogP contribution >= 0.6 is 0 Å². The fourth-order valence-corrected chi connectivity index (χ4v) is 5.79. The van der Waals surface area contributed by atoms with Crippen molar-refractivity contribution in [3.8, 4) is 0 Å². The van der Waals surface area contributed by atoms with Crippen LogP contribution in [0.15, 0.2) is 85.2 Å². The van der Waals surface area contributed by atoms with Crippen LogP contribution in [-0.2, 0) is 4.79 Å². The number of nitrogens with one attached hydrogen (secondary N) is 1. The quantitative estimate of drug-likeness (QED) is 0.153. The number of piperidine rings is 1. The lowest BCUT2D eigenvalue weighted by atomic mass is 9.88. The molecule has 1 unspecified atom stereocenters. The summed E-state index contributed by atoms with van der Waals surface area (Å²) >= 11 is 0. The first-order valence-electron chi connectivity index (χ1n) is 13.7. The van der Waals surface area contributed by atoms with Crippen molar-refractivity contribution in [3.63, 3.8) is 0 Å². The Labute approximate surface area is 220 Å². The highest BCUT2D eigenvalue weighted by Gasteiger charge is 2.25. The standard InChI is InChI=1S/C33H37N3O/c1-25(33-30-13-4-2-11-28(30)23-29-12-3-5-14-31(29)33)36-21-17-26(18-22-36)9-6-7-20-35-32(37)16-15-27-10-8-19-34-24-27/h2-5,8,10-16,19,23-26H,6-7,9,17-18,20-22H2,1H3,(H,35,37). The lowest BCUT2D eigenvalue weighted by molar-refractivity contribution is -0.116. The van der Waals surface area contributed by atoms with Gasteiger partial charge in [-0.1, -0.05) is 67.4 Å². The largest absolute Gasteiger partial charge is 0.353 e. The molecule has 1 fully saturated rings. The molecule has 1 aromatic heterocycles. The molecule has 0 aliphatic carbocycles. The smallest absolute Gasteiger partial charge is 0.243 e. The lowest BCUT2D eigenvalue weighted by Crippen LogP contribution is -2.35. The van der Waals surface area contributed by atoms with Crippen molar-refractivity contribution in [1.82, 2.24) is 15.2 Å². The first kappa shape index (κ1) is 25.2. The van der Waals surface area contributed by atoms with Crippen LogP contribution < -0.4 is 5.32 Å². The zero-order valence-electron chi connectivity index (χ0n) is 21.8. The number of hydrogen-bond acceptors (Lipinski definition) is 3. The summed E-state index contributed by atoms with van der Waals surface area (Å²) in [6, 6.07) is 24.2. The summed E-state index contributed by atoms with van der Waals surface area (Å²) in [4.78, 5) is 18.8. The number of benzene rings is 3. The van der Waals surface area contributed by atoms with Crippen molar-refractivity contribution in [2.75, 3.05) is 19.6 Å². The molecule has 1 amide bonds. The van der Waals surface area contributed by atoms with Crippen LogP contribution in [0.3, 0.4) is 0 Å². The number of hydrogen-bond donors (Lipinski definition) is 1.